The van der Waals surface area contributed by atoms with Crippen molar-refractivity contribution < 1.29 is 9.90 Å². The van der Waals surface area contributed by atoms with Crippen LogP contribution in [0.15, 0.2) is 23.3 Å². The third kappa shape index (κ3) is 2.42. The quantitative estimate of drug-likeness (QED) is 0.675. The molecule has 0 unspecified atom stereocenters. The summed E-state index contributed by atoms with van der Waals surface area (Å²) >= 11 is 0. The van der Waals surface area contributed by atoms with Crippen molar-refractivity contribution in [1.29, 1.82) is 0 Å². The first kappa shape index (κ1) is 9.99. The predicted molar refractivity (Wildman–Crippen MR) is 51.6 cm³/mol. The zero-order chi connectivity index (χ0) is 9.84. The Bertz CT molecular complexity index is 266. The van der Waals surface area contributed by atoms with E-state index in [0.717, 1.165) is 5.57 Å². The second-order valence-electron chi connectivity index (χ2n) is 3.28. The van der Waals surface area contributed by atoms with E-state index in [1.165, 1.54) is 5.57 Å². The van der Waals surface area contributed by atoms with Crippen LogP contribution in [-0.4, -0.2) is 23.7 Å². The molecule has 0 amide bonds. The Labute approximate surface area is 78.1 Å². The van der Waals surface area contributed by atoms with Crippen LogP contribution < -0.4 is 5.32 Å². The second-order valence-corrected chi connectivity index (χ2v) is 3.28. The van der Waals surface area contributed by atoms with Gasteiger partial charge in [0.25, 0.3) is 0 Å². The van der Waals surface area contributed by atoms with Gasteiger partial charge in [-0.15, -0.1) is 0 Å². The average molecular weight is 181 g/mol. The van der Waals surface area contributed by atoms with Crippen molar-refractivity contribution in [3.63, 3.8) is 0 Å². The van der Waals surface area contributed by atoms with Gasteiger partial charge in [0.15, 0.2) is 0 Å². The number of carbonyl (C=O) groups is 1. The molecule has 0 bridgehead atoms. The van der Waals surface area contributed by atoms with Crippen LogP contribution in [0.2, 0.25) is 0 Å². The van der Waals surface area contributed by atoms with Gasteiger partial charge in [-0.3, -0.25) is 4.79 Å². The zero-order valence-electron chi connectivity index (χ0n) is 8.00. The van der Waals surface area contributed by atoms with Gasteiger partial charge in [0.1, 0.15) is 6.04 Å². The average Bonchev–Trinajstić information content (AvgIpc) is 2.08. The van der Waals surface area contributed by atoms with E-state index in [1.54, 1.807) is 0 Å². The molecule has 1 aliphatic heterocycles. The van der Waals surface area contributed by atoms with Gasteiger partial charge in [-0.1, -0.05) is 17.7 Å². The Hall–Kier alpha value is -1.09. The van der Waals surface area contributed by atoms with Crippen molar-refractivity contribution in [1.82, 2.24) is 5.32 Å². The smallest absolute Gasteiger partial charge is 0.321 e. The molecule has 0 aromatic rings. The summed E-state index contributed by atoms with van der Waals surface area (Å²) in [5.41, 5.74) is 2.38. The van der Waals surface area contributed by atoms with Crippen LogP contribution in [0.1, 0.15) is 20.3 Å². The Morgan fingerprint density at radius 1 is 1.69 bits per heavy atom. The first-order chi connectivity index (χ1) is 6.15. The highest BCUT2D eigenvalue weighted by atomic mass is 16.4. The Kier molecular flexibility index (Phi) is 3.25. The minimum atomic E-state index is -0.769. The van der Waals surface area contributed by atoms with Crippen LogP contribution in [0.4, 0.5) is 0 Å². The summed E-state index contributed by atoms with van der Waals surface area (Å²) in [5.74, 6) is -0.769. The van der Waals surface area contributed by atoms with E-state index in [0.29, 0.717) is 13.0 Å². The SMILES string of the molecule is C/C=C\C1=C(C)CN[C@H](C(=O)O)C1. The Balaban J connectivity index is 2.75. The largest absolute Gasteiger partial charge is 0.480 e. The highest BCUT2D eigenvalue weighted by Gasteiger charge is 2.22. The molecule has 0 aromatic carbocycles. The lowest BCUT2D eigenvalue weighted by Gasteiger charge is -2.22. The number of rotatable bonds is 2. The highest BCUT2D eigenvalue weighted by molar-refractivity contribution is 5.74. The van der Waals surface area contributed by atoms with E-state index in [-0.39, 0.29) is 0 Å². The Morgan fingerprint density at radius 2 is 2.38 bits per heavy atom. The molecule has 13 heavy (non-hydrogen) atoms. The zero-order valence-corrected chi connectivity index (χ0v) is 8.00. The van der Waals surface area contributed by atoms with Gasteiger partial charge in [0.2, 0.25) is 0 Å². The van der Waals surface area contributed by atoms with Crippen LogP contribution in [0, 0.1) is 0 Å². The van der Waals surface area contributed by atoms with Crippen molar-refractivity contribution in [3.05, 3.63) is 23.3 Å². The minimum absolute atomic E-state index is 0.421. The number of carboxylic acids is 1. The molecule has 0 spiro atoms. The van der Waals surface area contributed by atoms with Crippen LogP contribution in [-0.2, 0) is 4.79 Å². The fourth-order valence-electron chi connectivity index (χ4n) is 1.44. The maximum atomic E-state index is 10.7. The number of carboxylic acid groups (broad SMARTS) is 1. The molecule has 1 aliphatic rings. The van der Waals surface area contributed by atoms with Gasteiger partial charge in [0, 0.05) is 6.54 Å². The maximum absolute atomic E-state index is 10.7. The van der Waals surface area contributed by atoms with Crippen molar-refractivity contribution in [3.8, 4) is 0 Å². The molecular weight excluding hydrogens is 166 g/mol. The molecule has 0 saturated heterocycles. The lowest BCUT2D eigenvalue weighted by Crippen LogP contribution is -2.40. The van der Waals surface area contributed by atoms with Gasteiger partial charge >= 0.3 is 5.97 Å². The van der Waals surface area contributed by atoms with Crippen molar-refractivity contribution >= 4 is 5.97 Å². The van der Waals surface area contributed by atoms with Crippen molar-refractivity contribution in [2.75, 3.05) is 6.54 Å². The van der Waals surface area contributed by atoms with Crippen LogP contribution in [0.25, 0.3) is 0 Å². The maximum Gasteiger partial charge on any atom is 0.321 e. The molecule has 3 heteroatoms. The molecule has 0 saturated carbocycles. The van der Waals surface area contributed by atoms with E-state index < -0.39 is 12.0 Å². The van der Waals surface area contributed by atoms with Gasteiger partial charge < -0.3 is 10.4 Å². The van der Waals surface area contributed by atoms with Gasteiger partial charge in [-0.2, -0.15) is 0 Å². The molecule has 0 aromatic heterocycles. The highest BCUT2D eigenvalue weighted by Crippen LogP contribution is 2.17. The topological polar surface area (TPSA) is 49.3 Å². The molecule has 1 atom stereocenters. The van der Waals surface area contributed by atoms with Gasteiger partial charge in [-0.05, 0) is 25.8 Å². The summed E-state index contributed by atoms with van der Waals surface area (Å²) in [6, 6.07) is -0.421. The molecule has 2 N–H and O–H groups in total. The number of nitrogens with one attached hydrogen (secondary N) is 1. The fraction of sp³-hybridized carbons (Fsp3) is 0.500. The van der Waals surface area contributed by atoms with Crippen LogP contribution in [0.3, 0.4) is 0 Å². The monoisotopic (exact) mass is 181 g/mol. The third-order valence-corrected chi connectivity index (χ3v) is 2.25. The molecule has 72 valence electrons. The standard InChI is InChI=1S/C10H15NO2/c1-3-4-8-5-9(10(12)13)11-6-7(8)2/h3-4,9,11H,5-6H2,1-2H3,(H,12,13)/b4-3-/t9-/m0/s1. The molecule has 0 aliphatic carbocycles. The number of allylic oxidation sites excluding steroid dienone is 2. The molecule has 1 heterocycles. The Morgan fingerprint density at radius 3 is 2.92 bits per heavy atom. The summed E-state index contributed by atoms with van der Waals surface area (Å²) in [5, 5.41) is 11.8. The summed E-state index contributed by atoms with van der Waals surface area (Å²) in [7, 11) is 0. The number of hydrogen-bond acceptors (Lipinski definition) is 2. The van der Waals surface area contributed by atoms with E-state index in [1.807, 2.05) is 26.0 Å². The first-order valence-electron chi connectivity index (χ1n) is 4.42. The lowest BCUT2D eigenvalue weighted by molar-refractivity contribution is -0.139. The summed E-state index contributed by atoms with van der Waals surface area (Å²) in [4.78, 5) is 10.7. The minimum Gasteiger partial charge on any atom is -0.480 e. The number of aliphatic carboxylic acids is 1. The predicted octanol–water partition coefficient (Wildman–Crippen LogP) is 1.33. The van der Waals surface area contributed by atoms with Gasteiger partial charge in [-0.25, -0.2) is 0 Å². The van der Waals surface area contributed by atoms with Crippen molar-refractivity contribution in [2.45, 2.75) is 26.3 Å². The summed E-state index contributed by atoms with van der Waals surface area (Å²) in [6.45, 7) is 4.65. The molecule has 1 rings (SSSR count). The lowest BCUT2D eigenvalue weighted by atomic mass is 9.96. The number of hydrogen-bond donors (Lipinski definition) is 2. The van der Waals surface area contributed by atoms with Crippen LogP contribution in [0.5, 0.6) is 0 Å². The van der Waals surface area contributed by atoms with Crippen LogP contribution >= 0.6 is 0 Å². The fourth-order valence-corrected chi connectivity index (χ4v) is 1.44. The van der Waals surface area contributed by atoms with E-state index in [2.05, 4.69) is 5.32 Å². The summed E-state index contributed by atoms with van der Waals surface area (Å²) < 4.78 is 0. The molecule has 0 fully saturated rings. The van der Waals surface area contributed by atoms with E-state index in [4.69, 9.17) is 5.11 Å². The molecular formula is C10H15NO2. The first-order valence-corrected chi connectivity index (χ1v) is 4.42. The molecule has 0 radical (unpaired) electrons. The second kappa shape index (κ2) is 4.23. The van der Waals surface area contributed by atoms with E-state index in [9.17, 15) is 4.79 Å². The normalized spacial score (nSPS) is 24.0. The van der Waals surface area contributed by atoms with Crippen molar-refractivity contribution in [2.24, 2.45) is 0 Å². The molecule has 3 nitrogen and oxygen atoms in total. The van der Waals surface area contributed by atoms with E-state index >= 15 is 0 Å². The summed E-state index contributed by atoms with van der Waals surface area (Å²) in [6.07, 6.45) is 4.53. The third-order valence-electron chi connectivity index (χ3n) is 2.25. The van der Waals surface area contributed by atoms with Gasteiger partial charge in [0.05, 0.1) is 0 Å².